The van der Waals surface area contributed by atoms with E-state index in [1.807, 2.05) is 6.92 Å². The van der Waals surface area contributed by atoms with Crippen molar-refractivity contribution >= 4 is 11.6 Å². The second kappa shape index (κ2) is 4.79. The number of nitrogens with one attached hydrogen (secondary N) is 1. The molecule has 0 saturated carbocycles. The van der Waals surface area contributed by atoms with E-state index < -0.39 is 0 Å². The topological polar surface area (TPSA) is 84.2 Å². The first-order valence-corrected chi connectivity index (χ1v) is 4.76. The zero-order chi connectivity index (χ0) is 11.4. The number of hydroxylamine groups is 2. The normalized spacial score (nSPS) is 10.3. The maximum atomic E-state index is 11.7. The summed E-state index contributed by atoms with van der Waals surface area (Å²) < 4.78 is 0. The van der Waals surface area contributed by atoms with Gasteiger partial charge in [0, 0.05) is 7.05 Å². The Balaban J connectivity index is 2.91. The molecule has 15 heavy (non-hydrogen) atoms. The zero-order valence-corrected chi connectivity index (χ0v) is 9.20. The van der Waals surface area contributed by atoms with E-state index in [1.54, 1.807) is 0 Å². The number of anilines is 1. The van der Waals surface area contributed by atoms with Gasteiger partial charge in [0.15, 0.2) is 5.69 Å². The number of nitrogen functional groups attached to an aromatic ring is 1. The molecule has 1 rings (SSSR count). The molecule has 3 N–H and O–H groups in total. The summed E-state index contributed by atoms with van der Waals surface area (Å²) in [5.41, 5.74) is 7.20. The van der Waals surface area contributed by atoms with Crippen LogP contribution in [0, 0.1) is 0 Å². The Labute approximate surface area is 88.3 Å². The van der Waals surface area contributed by atoms with Crippen molar-refractivity contribution in [3.8, 4) is 0 Å². The van der Waals surface area contributed by atoms with Crippen molar-refractivity contribution in [2.75, 3.05) is 19.9 Å². The van der Waals surface area contributed by atoms with Gasteiger partial charge in [-0.25, -0.2) is 5.06 Å². The highest BCUT2D eigenvalue weighted by Crippen LogP contribution is 2.16. The summed E-state index contributed by atoms with van der Waals surface area (Å²) in [5.74, 6) is -0.353. The number of hydrogen-bond donors (Lipinski definition) is 2. The van der Waals surface area contributed by atoms with Crippen LogP contribution in [0.3, 0.4) is 0 Å². The Kier molecular flexibility index (Phi) is 3.68. The largest absolute Gasteiger partial charge is 0.395 e. The minimum absolute atomic E-state index is 0.211. The van der Waals surface area contributed by atoms with Gasteiger partial charge >= 0.3 is 0 Å². The lowest BCUT2D eigenvalue weighted by molar-refractivity contribution is -0.0759. The number of aryl methyl sites for hydroxylation is 1. The first-order chi connectivity index (χ1) is 7.11. The molecule has 0 aliphatic heterocycles. The molecular weight excluding hydrogens is 196 g/mol. The van der Waals surface area contributed by atoms with Crippen LogP contribution in [0.5, 0.6) is 0 Å². The highest BCUT2D eigenvalue weighted by atomic mass is 16.7. The molecular formula is C9H16N4O2. The van der Waals surface area contributed by atoms with Crippen LogP contribution >= 0.6 is 0 Å². The fraction of sp³-hybridized carbons (Fsp3) is 0.556. The maximum absolute atomic E-state index is 11.7. The molecule has 0 spiro atoms. The minimum Gasteiger partial charge on any atom is -0.395 e. The summed E-state index contributed by atoms with van der Waals surface area (Å²) in [7, 11) is 2.92. The van der Waals surface area contributed by atoms with Gasteiger partial charge in [0.2, 0.25) is 0 Å². The third kappa shape index (κ3) is 2.27. The van der Waals surface area contributed by atoms with Gasteiger partial charge in [-0.2, -0.15) is 5.10 Å². The summed E-state index contributed by atoms with van der Waals surface area (Å²) in [4.78, 5) is 16.4. The predicted molar refractivity (Wildman–Crippen MR) is 56.1 cm³/mol. The van der Waals surface area contributed by atoms with E-state index in [-0.39, 0.29) is 11.6 Å². The number of hydrogen-bond acceptors (Lipinski definition) is 4. The predicted octanol–water partition coefficient (Wildman–Crippen LogP) is 0.578. The monoisotopic (exact) mass is 212 g/mol. The van der Waals surface area contributed by atoms with Crippen LogP contribution in [0.25, 0.3) is 0 Å². The molecule has 0 saturated heterocycles. The Morgan fingerprint density at radius 1 is 1.67 bits per heavy atom. The second-order valence-corrected chi connectivity index (χ2v) is 3.20. The van der Waals surface area contributed by atoms with Crippen molar-refractivity contribution < 1.29 is 9.63 Å². The van der Waals surface area contributed by atoms with E-state index in [0.29, 0.717) is 5.69 Å². The molecule has 0 aromatic carbocycles. The van der Waals surface area contributed by atoms with Gasteiger partial charge in [0.05, 0.1) is 18.5 Å². The number of rotatable bonds is 4. The fourth-order valence-corrected chi connectivity index (χ4v) is 1.22. The van der Waals surface area contributed by atoms with Crippen LogP contribution in [0.1, 0.15) is 29.5 Å². The Morgan fingerprint density at radius 3 is 2.87 bits per heavy atom. The molecule has 0 radical (unpaired) electrons. The van der Waals surface area contributed by atoms with Crippen molar-refractivity contribution in [2.45, 2.75) is 19.8 Å². The lowest BCUT2D eigenvalue weighted by atomic mass is 10.2. The third-order valence-corrected chi connectivity index (χ3v) is 2.15. The van der Waals surface area contributed by atoms with Crippen LogP contribution < -0.4 is 5.73 Å². The van der Waals surface area contributed by atoms with Crippen LogP contribution in [0.4, 0.5) is 5.69 Å². The smallest absolute Gasteiger partial charge is 0.299 e. The fourth-order valence-electron chi connectivity index (χ4n) is 1.22. The summed E-state index contributed by atoms with van der Waals surface area (Å²) in [6.07, 6.45) is 1.73. The van der Waals surface area contributed by atoms with E-state index in [0.717, 1.165) is 23.6 Å². The molecule has 1 heterocycles. The summed E-state index contributed by atoms with van der Waals surface area (Å²) in [5, 5.41) is 7.72. The number of nitrogens with two attached hydrogens (primary N) is 1. The highest BCUT2D eigenvalue weighted by molar-refractivity contribution is 5.96. The van der Waals surface area contributed by atoms with Gasteiger partial charge in [-0.3, -0.25) is 14.7 Å². The Morgan fingerprint density at radius 2 is 2.33 bits per heavy atom. The third-order valence-electron chi connectivity index (χ3n) is 2.15. The van der Waals surface area contributed by atoms with Crippen LogP contribution in [0.15, 0.2) is 0 Å². The van der Waals surface area contributed by atoms with E-state index in [2.05, 4.69) is 10.2 Å². The molecule has 0 unspecified atom stereocenters. The van der Waals surface area contributed by atoms with E-state index >= 15 is 0 Å². The molecule has 0 aliphatic carbocycles. The minimum atomic E-state index is -0.353. The molecule has 0 fully saturated rings. The summed E-state index contributed by atoms with van der Waals surface area (Å²) >= 11 is 0. The van der Waals surface area contributed by atoms with Gasteiger partial charge in [0.1, 0.15) is 0 Å². The van der Waals surface area contributed by atoms with Crippen LogP contribution in [0.2, 0.25) is 0 Å². The average Bonchev–Trinajstić information content (AvgIpc) is 2.59. The lowest BCUT2D eigenvalue weighted by Crippen LogP contribution is -2.26. The van der Waals surface area contributed by atoms with Crippen molar-refractivity contribution in [2.24, 2.45) is 0 Å². The van der Waals surface area contributed by atoms with Crippen molar-refractivity contribution in [3.05, 3.63) is 11.4 Å². The number of nitrogens with zero attached hydrogens (tertiary/aromatic N) is 2. The SMILES string of the molecule is CCCc1[nH]nc(C(=O)N(C)OC)c1N. The number of aromatic amines is 1. The van der Waals surface area contributed by atoms with Crippen molar-refractivity contribution in [1.82, 2.24) is 15.3 Å². The summed E-state index contributed by atoms with van der Waals surface area (Å²) in [6.45, 7) is 2.03. The lowest BCUT2D eigenvalue weighted by Gasteiger charge is -2.11. The Hall–Kier alpha value is -1.56. The first-order valence-electron chi connectivity index (χ1n) is 4.76. The van der Waals surface area contributed by atoms with Gasteiger partial charge in [-0.15, -0.1) is 0 Å². The van der Waals surface area contributed by atoms with Crippen molar-refractivity contribution in [3.63, 3.8) is 0 Å². The standard InChI is InChI=1S/C9H16N4O2/c1-4-5-6-7(10)8(12-11-6)9(14)13(2)15-3/h4-5,10H2,1-3H3,(H,11,12). The van der Waals surface area contributed by atoms with Gasteiger partial charge in [0.25, 0.3) is 5.91 Å². The number of carbonyl (C=O) groups excluding carboxylic acids is 1. The summed E-state index contributed by atoms with van der Waals surface area (Å²) in [6, 6.07) is 0. The molecule has 1 aromatic rings. The van der Waals surface area contributed by atoms with Gasteiger partial charge < -0.3 is 5.73 Å². The zero-order valence-electron chi connectivity index (χ0n) is 9.20. The second-order valence-electron chi connectivity index (χ2n) is 3.20. The van der Waals surface area contributed by atoms with E-state index in [4.69, 9.17) is 10.6 Å². The van der Waals surface area contributed by atoms with Gasteiger partial charge in [-0.05, 0) is 6.42 Å². The number of H-pyrrole nitrogens is 1. The van der Waals surface area contributed by atoms with Crippen LogP contribution in [-0.4, -0.2) is 35.3 Å². The maximum Gasteiger partial charge on any atom is 0.299 e. The molecule has 1 amide bonds. The molecule has 6 nitrogen and oxygen atoms in total. The molecule has 1 aromatic heterocycles. The molecule has 0 bridgehead atoms. The molecule has 6 heteroatoms. The molecule has 0 aliphatic rings. The molecule has 0 atom stereocenters. The van der Waals surface area contributed by atoms with Crippen LogP contribution in [-0.2, 0) is 11.3 Å². The first kappa shape index (κ1) is 11.5. The Bertz CT molecular complexity index is 348. The van der Waals surface area contributed by atoms with E-state index in [9.17, 15) is 4.79 Å². The number of amides is 1. The highest BCUT2D eigenvalue weighted by Gasteiger charge is 2.20. The quantitative estimate of drug-likeness (QED) is 0.715. The molecule has 84 valence electrons. The van der Waals surface area contributed by atoms with Crippen molar-refractivity contribution in [1.29, 1.82) is 0 Å². The average molecular weight is 212 g/mol. The number of aromatic nitrogens is 2. The number of carbonyl (C=O) groups is 1. The van der Waals surface area contributed by atoms with Gasteiger partial charge in [-0.1, -0.05) is 13.3 Å². The van der Waals surface area contributed by atoms with E-state index in [1.165, 1.54) is 14.2 Å².